The normalized spacial score (nSPS) is 21.1. The van der Waals surface area contributed by atoms with Gasteiger partial charge in [-0.25, -0.2) is 0 Å². The van der Waals surface area contributed by atoms with Crippen LogP contribution < -0.4 is 5.32 Å². The van der Waals surface area contributed by atoms with Crippen molar-refractivity contribution in [1.29, 1.82) is 0 Å². The van der Waals surface area contributed by atoms with Gasteiger partial charge in [0.05, 0.1) is 13.2 Å². The smallest absolute Gasteiger partial charge is 0.245 e. The number of nitrogens with zero attached hydrogens (tertiary/aromatic N) is 1. The predicted octanol–water partition coefficient (Wildman–Crippen LogP) is -0.0403. The number of amides is 1. The molecule has 1 amide bonds. The summed E-state index contributed by atoms with van der Waals surface area (Å²) in [6, 6.07) is 3.48. The van der Waals surface area contributed by atoms with Crippen LogP contribution >= 0.6 is 0 Å². The Morgan fingerprint density at radius 3 is 3.15 bits per heavy atom. The van der Waals surface area contributed by atoms with Gasteiger partial charge >= 0.3 is 0 Å². The fourth-order valence-electron chi connectivity index (χ4n) is 1.77. The first kappa shape index (κ1) is 8.31. The topological polar surface area (TPSA) is 54.3 Å². The number of aliphatic hydroxyl groups is 1. The Balaban J connectivity index is 2.48. The van der Waals surface area contributed by atoms with Crippen molar-refractivity contribution in [2.45, 2.75) is 19.5 Å². The molecule has 1 aliphatic heterocycles. The zero-order valence-electron chi connectivity index (χ0n) is 7.45. The number of rotatable bonds is 1. The Kier molecular flexibility index (Phi) is 1.84. The van der Waals surface area contributed by atoms with Gasteiger partial charge in [0.2, 0.25) is 5.91 Å². The Hall–Kier alpha value is -1.29. The van der Waals surface area contributed by atoms with Crippen LogP contribution in [0.3, 0.4) is 0 Å². The Morgan fingerprint density at radius 1 is 1.69 bits per heavy atom. The lowest BCUT2D eigenvalue weighted by Crippen LogP contribution is -2.40. The minimum atomic E-state index is -0.446. The average molecular weight is 180 g/mol. The van der Waals surface area contributed by atoms with Crippen LogP contribution in [0.5, 0.6) is 0 Å². The molecule has 0 radical (unpaired) electrons. The first-order valence-corrected chi connectivity index (χ1v) is 4.29. The van der Waals surface area contributed by atoms with Crippen molar-refractivity contribution in [1.82, 2.24) is 9.88 Å². The molecule has 1 aromatic rings. The molecule has 70 valence electrons. The van der Waals surface area contributed by atoms with Crippen LogP contribution in [0.1, 0.15) is 17.4 Å². The van der Waals surface area contributed by atoms with Crippen LogP contribution in [-0.2, 0) is 11.3 Å². The molecular weight excluding hydrogens is 168 g/mol. The minimum absolute atomic E-state index is 0.102. The monoisotopic (exact) mass is 180 g/mol. The Morgan fingerprint density at radius 2 is 2.46 bits per heavy atom. The van der Waals surface area contributed by atoms with E-state index in [1.807, 2.05) is 23.6 Å². The molecule has 0 saturated carbocycles. The van der Waals surface area contributed by atoms with Gasteiger partial charge in [-0.1, -0.05) is 0 Å². The molecule has 1 atom stereocenters. The lowest BCUT2D eigenvalue weighted by atomic mass is 10.2. The van der Waals surface area contributed by atoms with E-state index in [-0.39, 0.29) is 12.5 Å². The summed E-state index contributed by atoms with van der Waals surface area (Å²) in [7, 11) is 0. The molecule has 0 aromatic carbocycles. The molecule has 2 heterocycles. The highest BCUT2D eigenvalue weighted by Crippen LogP contribution is 2.19. The van der Waals surface area contributed by atoms with Crippen molar-refractivity contribution in [3.63, 3.8) is 0 Å². The third-order valence-corrected chi connectivity index (χ3v) is 2.44. The molecule has 13 heavy (non-hydrogen) atoms. The second kappa shape index (κ2) is 2.88. The van der Waals surface area contributed by atoms with Gasteiger partial charge in [0, 0.05) is 11.4 Å². The number of aliphatic hydroxyl groups excluding tert-OH is 1. The summed E-state index contributed by atoms with van der Waals surface area (Å²) in [6.45, 7) is 2.35. The number of fused-ring (bicyclic) bond motifs is 1. The summed E-state index contributed by atoms with van der Waals surface area (Å²) < 4.78 is 1.89. The molecule has 0 spiro atoms. The minimum Gasteiger partial charge on any atom is -0.394 e. The second-order valence-corrected chi connectivity index (χ2v) is 3.25. The van der Waals surface area contributed by atoms with Gasteiger partial charge in [0.15, 0.2) is 0 Å². The van der Waals surface area contributed by atoms with Crippen LogP contribution in [0.15, 0.2) is 12.1 Å². The lowest BCUT2D eigenvalue weighted by molar-refractivity contribution is -0.126. The summed E-state index contributed by atoms with van der Waals surface area (Å²) in [5.74, 6) is -0.102. The van der Waals surface area contributed by atoms with Crippen LogP contribution in [0.4, 0.5) is 0 Å². The van der Waals surface area contributed by atoms with Crippen LogP contribution in [0.25, 0.3) is 0 Å². The molecule has 0 bridgehead atoms. The second-order valence-electron chi connectivity index (χ2n) is 3.25. The Labute approximate surface area is 76.2 Å². The predicted molar refractivity (Wildman–Crippen MR) is 47.1 cm³/mol. The molecule has 0 saturated heterocycles. The van der Waals surface area contributed by atoms with E-state index in [1.165, 1.54) is 0 Å². The number of hydrogen-bond acceptors (Lipinski definition) is 2. The van der Waals surface area contributed by atoms with Crippen molar-refractivity contribution in [2.24, 2.45) is 0 Å². The third-order valence-electron chi connectivity index (χ3n) is 2.44. The van der Waals surface area contributed by atoms with E-state index < -0.39 is 6.04 Å². The van der Waals surface area contributed by atoms with Crippen molar-refractivity contribution in [2.75, 3.05) is 6.61 Å². The molecule has 4 heteroatoms. The maximum Gasteiger partial charge on any atom is 0.245 e. The van der Waals surface area contributed by atoms with E-state index in [9.17, 15) is 4.79 Å². The molecule has 1 aromatic heterocycles. The molecule has 0 fully saturated rings. The number of nitrogens with one attached hydrogen (secondary N) is 1. The number of hydrogen-bond donors (Lipinski definition) is 2. The zero-order chi connectivity index (χ0) is 9.42. The first-order valence-electron chi connectivity index (χ1n) is 4.29. The largest absolute Gasteiger partial charge is 0.394 e. The lowest BCUT2D eigenvalue weighted by Gasteiger charge is -2.25. The van der Waals surface area contributed by atoms with Gasteiger partial charge in [0.1, 0.15) is 6.04 Å². The molecule has 4 nitrogen and oxygen atoms in total. The third kappa shape index (κ3) is 1.14. The number of aromatic nitrogens is 1. The van der Waals surface area contributed by atoms with E-state index in [0.29, 0.717) is 6.54 Å². The van der Waals surface area contributed by atoms with E-state index in [0.717, 1.165) is 11.4 Å². The van der Waals surface area contributed by atoms with Gasteiger partial charge in [0.25, 0.3) is 0 Å². The first-order chi connectivity index (χ1) is 6.24. The summed E-state index contributed by atoms with van der Waals surface area (Å²) in [5, 5.41) is 11.8. The van der Waals surface area contributed by atoms with E-state index >= 15 is 0 Å². The van der Waals surface area contributed by atoms with Crippen LogP contribution in [0, 0.1) is 6.92 Å². The van der Waals surface area contributed by atoms with Crippen molar-refractivity contribution >= 4 is 5.91 Å². The van der Waals surface area contributed by atoms with Gasteiger partial charge in [-0.3, -0.25) is 4.79 Å². The standard InChI is InChI=1S/C9H12N2O2/c1-6-2-3-7-4-10-9(13)8(5-12)11(6)7/h2-3,8,12H,4-5H2,1H3,(H,10,13). The van der Waals surface area contributed by atoms with Gasteiger partial charge < -0.3 is 15.0 Å². The SMILES string of the molecule is Cc1ccc2n1C(CO)C(=O)NC2. The molecule has 2 N–H and O–H groups in total. The number of aryl methyl sites for hydroxylation is 1. The zero-order valence-corrected chi connectivity index (χ0v) is 7.45. The van der Waals surface area contributed by atoms with Gasteiger partial charge in [-0.05, 0) is 19.1 Å². The highest BCUT2D eigenvalue weighted by atomic mass is 16.3. The maximum absolute atomic E-state index is 11.3. The van der Waals surface area contributed by atoms with Gasteiger partial charge in [-0.2, -0.15) is 0 Å². The van der Waals surface area contributed by atoms with E-state index in [4.69, 9.17) is 5.11 Å². The average Bonchev–Trinajstić information content (AvgIpc) is 2.49. The fraction of sp³-hybridized carbons (Fsp3) is 0.444. The molecule has 1 aliphatic rings. The molecule has 0 aliphatic carbocycles. The highest BCUT2D eigenvalue weighted by molar-refractivity contribution is 5.81. The quantitative estimate of drug-likeness (QED) is 0.637. The summed E-state index contributed by atoms with van der Waals surface area (Å²) >= 11 is 0. The number of carbonyl (C=O) groups is 1. The molecular formula is C9H12N2O2. The van der Waals surface area contributed by atoms with E-state index in [2.05, 4.69) is 5.32 Å². The summed E-state index contributed by atoms with van der Waals surface area (Å²) in [5.41, 5.74) is 2.07. The van der Waals surface area contributed by atoms with Crippen LogP contribution in [-0.4, -0.2) is 22.2 Å². The van der Waals surface area contributed by atoms with Crippen LogP contribution in [0.2, 0.25) is 0 Å². The van der Waals surface area contributed by atoms with Crippen molar-refractivity contribution < 1.29 is 9.90 Å². The Bertz CT molecular complexity index is 343. The van der Waals surface area contributed by atoms with E-state index in [1.54, 1.807) is 0 Å². The summed E-state index contributed by atoms with van der Waals surface area (Å²) in [6.07, 6.45) is 0. The number of carbonyl (C=O) groups excluding carboxylic acids is 1. The van der Waals surface area contributed by atoms with Gasteiger partial charge in [-0.15, -0.1) is 0 Å². The summed E-state index contributed by atoms with van der Waals surface area (Å²) in [4.78, 5) is 11.3. The molecule has 1 unspecified atom stereocenters. The molecule has 2 rings (SSSR count). The maximum atomic E-state index is 11.3. The van der Waals surface area contributed by atoms with Crippen molar-refractivity contribution in [3.05, 3.63) is 23.5 Å². The van der Waals surface area contributed by atoms with Crippen molar-refractivity contribution in [3.8, 4) is 0 Å². The highest BCUT2D eigenvalue weighted by Gasteiger charge is 2.26. The fourth-order valence-corrected chi connectivity index (χ4v) is 1.77.